The fraction of sp³-hybridized carbons (Fsp3) is 0.633. The van der Waals surface area contributed by atoms with Crippen LogP contribution in [0.3, 0.4) is 0 Å². The van der Waals surface area contributed by atoms with E-state index in [1.165, 1.54) is 12.0 Å². The van der Waals surface area contributed by atoms with Crippen LogP contribution in [0.15, 0.2) is 24.3 Å². The second-order valence-electron chi connectivity index (χ2n) is 11.5. The van der Waals surface area contributed by atoms with Gasteiger partial charge in [0.15, 0.2) is 0 Å². The van der Waals surface area contributed by atoms with Crippen LogP contribution in [0.2, 0.25) is 0 Å². The molecule has 1 aliphatic heterocycles. The highest BCUT2D eigenvalue weighted by Gasteiger charge is 2.32. The Kier molecular flexibility index (Phi) is 13.7. The van der Waals surface area contributed by atoms with Gasteiger partial charge in [-0.3, -0.25) is 24.0 Å². The van der Waals surface area contributed by atoms with Gasteiger partial charge in [0.1, 0.15) is 23.9 Å². The van der Waals surface area contributed by atoms with Gasteiger partial charge in [-0.1, -0.05) is 39.8 Å². The number of carbonyl (C=O) groups excluding carboxylic acids is 5. The predicted molar refractivity (Wildman–Crippen MR) is 157 cm³/mol. The molecule has 0 aromatic heterocycles. The number of nitrogens with zero attached hydrogens (tertiary/aromatic N) is 1. The number of benzene rings is 1. The largest absolute Gasteiger partial charge is 0.497 e. The van der Waals surface area contributed by atoms with Crippen LogP contribution in [0, 0.1) is 11.8 Å². The van der Waals surface area contributed by atoms with E-state index < -0.39 is 47.8 Å². The molecule has 12 heteroatoms. The maximum absolute atomic E-state index is 13.5. The first-order valence-electron chi connectivity index (χ1n) is 14.4. The lowest BCUT2D eigenvalue weighted by Crippen LogP contribution is -2.57. The maximum atomic E-state index is 13.5. The second kappa shape index (κ2) is 16.7. The zero-order valence-corrected chi connectivity index (χ0v) is 25.8. The van der Waals surface area contributed by atoms with Crippen LogP contribution in [-0.4, -0.2) is 92.5 Å². The summed E-state index contributed by atoms with van der Waals surface area (Å²) in [4.78, 5) is 67.8. The SMILES string of the molecule is COCCC(=O)N1CC(=O)N[C@@H](CC(C)C)C(=O)N[C@@H](Cc2ccc(OC)cc2)C(=O)N[C@H](C)C(=O)N[C@@H](C(C)C)C1. The van der Waals surface area contributed by atoms with Gasteiger partial charge < -0.3 is 35.6 Å². The molecular weight excluding hydrogens is 542 g/mol. The molecule has 1 aromatic rings. The molecule has 0 radical (unpaired) electrons. The van der Waals surface area contributed by atoms with Gasteiger partial charge in [-0.15, -0.1) is 0 Å². The van der Waals surface area contributed by atoms with E-state index in [2.05, 4.69) is 21.3 Å². The number of hydrogen-bond donors (Lipinski definition) is 4. The summed E-state index contributed by atoms with van der Waals surface area (Å²) < 4.78 is 10.3. The van der Waals surface area contributed by atoms with Crippen LogP contribution >= 0.6 is 0 Å². The van der Waals surface area contributed by atoms with Gasteiger partial charge in [0.25, 0.3) is 0 Å². The number of rotatable bonds is 9. The quantitative estimate of drug-likeness (QED) is 0.332. The Bertz CT molecular complexity index is 1080. The third-order valence-corrected chi connectivity index (χ3v) is 7.10. The summed E-state index contributed by atoms with van der Waals surface area (Å²) in [6, 6.07) is 3.70. The average molecular weight is 590 g/mol. The lowest BCUT2D eigenvalue weighted by atomic mass is 10.0. The first-order chi connectivity index (χ1) is 19.8. The van der Waals surface area contributed by atoms with Gasteiger partial charge in [-0.2, -0.15) is 0 Å². The minimum Gasteiger partial charge on any atom is -0.497 e. The van der Waals surface area contributed by atoms with Crippen molar-refractivity contribution in [2.24, 2.45) is 11.8 Å². The minimum absolute atomic E-state index is 0.0450. The number of ether oxygens (including phenoxy) is 2. The van der Waals surface area contributed by atoms with Crippen molar-refractivity contribution in [2.75, 3.05) is 33.9 Å². The van der Waals surface area contributed by atoms with E-state index in [1.807, 2.05) is 27.7 Å². The van der Waals surface area contributed by atoms with Crippen molar-refractivity contribution in [2.45, 2.75) is 78.0 Å². The average Bonchev–Trinajstić information content (AvgIpc) is 2.93. The Balaban J connectivity index is 2.46. The van der Waals surface area contributed by atoms with Crippen LogP contribution in [0.5, 0.6) is 5.75 Å². The lowest BCUT2D eigenvalue weighted by Gasteiger charge is -2.31. The highest BCUT2D eigenvalue weighted by atomic mass is 16.5. The smallest absolute Gasteiger partial charge is 0.243 e. The van der Waals surface area contributed by atoms with Crippen molar-refractivity contribution in [3.63, 3.8) is 0 Å². The van der Waals surface area contributed by atoms with Crippen molar-refractivity contribution < 1.29 is 33.4 Å². The van der Waals surface area contributed by atoms with E-state index in [9.17, 15) is 24.0 Å². The first kappa shape index (κ1) is 34.5. The molecule has 1 saturated heterocycles. The van der Waals surface area contributed by atoms with Gasteiger partial charge in [0, 0.05) is 26.1 Å². The van der Waals surface area contributed by atoms with Crippen molar-refractivity contribution in [3.05, 3.63) is 29.8 Å². The standard InChI is InChI=1S/C30H47N5O7/c1-18(2)14-23-30(40)33-24(15-21-8-10-22(42-7)11-9-21)29(39)31-20(5)28(38)34-25(19(3)4)16-35(17-26(36)32-23)27(37)12-13-41-6/h8-11,18-20,23-25H,12-17H2,1-7H3,(H,31,39)(H,32,36)(H,33,40)(H,34,38)/t20-,23+,24+,25-/m1/s1. The molecule has 0 bridgehead atoms. The normalized spacial score (nSPS) is 22.9. The van der Waals surface area contributed by atoms with Crippen molar-refractivity contribution >= 4 is 29.5 Å². The first-order valence-corrected chi connectivity index (χ1v) is 14.4. The Labute approximate surface area is 248 Å². The molecule has 12 nitrogen and oxygen atoms in total. The Morgan fingerprint density at radius 1 is 0.905 bits per heavy atom. The second-order valence-corrected chi connectivity index (χ2v) is 11.5. The van der Waals surface area contributed by atoms with Crippen LogP contribution in [0.1, 0.15) is 53.0 Å². The number of nitrogens with one attached hydrogen (secondary N) is 4. The molecule has 1 heterocycles. The van der Waals surface area contributed by atoms with Gasteiger partial charge in [-0.25, -0.2) is 0 Å². The van der Waals surface area contributed by atoms with E-state index in [0.29, 0.717) is 12.2 Å². The molecule has 5 amide bonds. The van der Waals surface area contributed by atoms with Crippen LogP contribution in [0.25, 0.3) is 0 Å². The highest BCUT2D eigenvalue weighted by molar-refractivity contribution is 5.95. The number of methoxy groups -OCH3 is 2. The zero-order valence-electron chi connectivity index (χ0n) is 25.8. The topological polar surface area (TPSA) is 155 Å². The number of carbonyl (C=O) groups is 5. The summed E-state index contributed by atoms with van der Waals surface area (Å²) in [6.07, 6.45) is 0.518. The van der Waals surface area contributed by atoms with E-state index in [4.69, 9.17) is 9.47 Å². The fourth-order valence-electron chi connectivity index (χ4n) is 4.54. The molecule has 0 aliphatic carbocycles. The summed E-state index contributed by atoms with van der Waals surface area (Å²) in [5.74, 6) is -1.75. The molecule has 0 spiro atoms. The fourth-order valence-corrected chi connectivity index (χ4v) is 4.54. The summed E-state index contributed by atoms with van der Waals surface area (Å²) in [7, 11) is 3.03. The molecule has 2 rings (SSSR count). The molecule has 1 aliphatic rings. The molecule has 0 unspecified atom stereocenters. The Morgan fingerprint density at radius 3 is 2.12 bits per heavy atom. The molecule has 0 saturated carbocycles. The van der Waals surface area contributed by atoms with Gasteiger partial charge >= 0.3 is 0 Å². The van der Waals surface area contributed by atoms with Gasteiger partial charge in [0.2, 0.25) is 29.5 Å². The Morgan fingerprint density at radius 2 is 1.55 bits per heavy atom. The van der Waals surface area contributed by atoms with E-state index in [0.717, 1.165) is 5.56 Å². The predicted octanol–water partition coefficient (Wildman–Crippen LogP) is 0.778. The van der Waals surface area contributed by atoms with Crippen molar-refractivity contribution in [3.8, 4) is 5.75 Å². The highest BCUT2D eigenvalue weighted by Crippen LogP contribution is 2.14. The lowest BCUT2D eigenvalue weighted by molar-refractivity contribution is -0.138. The van der Waals surface area contributed by atoms with Crippen LogP contribution < -0.4 is 26.0 Å². The van der Waals surface area contributed by atoms with E-state index in [-0.39, 0.29) is 50.3 Å². The number of hydrogen-bond acceptors (Lipinski definition) is 7. The van der Waals surface area contributed by atoms with Crippen LogP contribution in [0.4, 0.5) is 0 Å². The van der Waals surface area contributed by atoms with Gasteiger partial charge in [-0.05, 0) is 42.9 Å². The Hall–Kier alpha value is -3.67. The maximum Gasteiger partial charge on any atom is 0.243 e. The minimum atomic E-state index is -1.02. The zero-order chi connectivity index (χ0) is 31.4. The number of amides is 5. The molecule has 4 atom stereocenters. The van der Waals surface area contributed by atoms with Gasteiger partial charge in [0.05, 0.1) is 26.7 Å². The molecule has 4 N–H and O–H groups in total. The van der Waals surface area contributed by atoms with E-state index in [1.54, 1.807) is 38.3 Å². The monoisotopic (exact) mass is 589 g/mol. The summed E-state index contributed by atoms with van der Waals surface area (Å²) >= 11 is 0. The summed E-state index contributed by atoms with van der Waals surface area (Å²) in [5.41, 5.74) is 0.765. The van der Waals surface area contributed by atoms with E-state index >= 15 is 0 Å². The molecule has 234 valence electrons. The van der Waals surface area contributed by atoms with Crippen molar-refractivity contribution in [1.82, 2.24) is 26.2 Å². The third-order valence-electron chi connectivity index (χ3n) is 7.10. The molecule has 1 aromatic carbocycles. The molecule has 42 heavy (non-hydrogen) atoms. The molecule has 1 fully saturated rings. The summed E-state index contributed by atoms with van der Waals surface area (Å²) in [6.45, 7) is 9.13. The van der Waals surface area contributed by atoms with Crippen LogP contribution in [-0.2, 0) is 35.1 Å². The molecular formula is C30H47N5O7. The van der Waals surface area contributed by atoms with Crippen molar-refractivity contribution in [1.29, 1.82) is 0 Å². The summed E-state index contributed by atoms with van der Waals surface area (Å²) in [5, 5.41) is 11.2. The third kappa shape index (κ3) is 11.0.